The molecule has 0 radical (unpaired) electrons. The summed E-state index contributed by atoms with van der Waals surface area (Å²) in [6, 6.07) is 13.9. The molecule has 8 nitrogen and oxygen atoms in total. The van der Waals surface area contributed by atoms with Gasteiger partial charge < -0.3 is 14.3 Å². The Hall–Kier alpha value is -4.67. The Morgan fingerprint density at radius 2 is 1.77 bits per heavy atom. The molecule has 0 saturated carbocycles. The fraction of sp³-hybridized carbons (Fsp3) is 0.0833. The first-order chi connectivity index (χ1) is 16.6. The highest BCUT2D eigenvalue weighted by Gasteiger charge is 2.47. The predicted octanol–water partition coefficient (Wildman–Crippen LogP) is 4.78. The molecule has 178 valence electrons. The second-order valence-electron chi connectivity index (χ2n) is 7.25. The summed E-state index contributed by atoms with van der Waals surface area (Å²) in [5, 5.41) is 13.0. The van der Waals surface area contributed by atoms with Crippen LogP contribution in [0.3, 0.4) is 0 Å². The van der Waals surface area contributed by atoms with Crippen molar-refractivity contribution >= 4 is 35.3 Å². The standard InChI is InChI=1S/C24H15F3N2O6/c1-34-23(33)15-6-2-4-13(10-15)19-9-8-17(35-19)12-18-20(24(25,26)27)28-29(21(18)30)16-7-3-5-14(11-16)22(31)32/h2-12H,1H3,(H,31,32). The Kier molecular flexibility index (Phi) is 6.00. The second kappa shape index (κ2) is 8.93. The third kappa shape index (κ3) is 4.69. The summed E-state index contributed by atoms with van der Waals surface area (Å²) in [5.74, 6) is -2.82. The first-order valence-electron chi connectivity index (χ1n) is 9.93. The number of halogens is 3. The SMILES string of the molecule is COC(=O)c1cccc(-c2ccc(C=C3C(=O)N(c4cccc(C(=O)O)c4)N=C3C(F)(F)F)o2)c1. The molecule has 0 aliphatic carbocycles. The van der Waals surface area contributed by atoms with Gasteiger partial charge >= 0.3 is 18.1 Å². The van der Waals surface area contributed by atoms with Gasteiger partial charge in [0.2, 0.25) is 0 Å². The Bertz CT molecular complexity index is 1400. The third-order valence-corrected chi connectivity index (χ3v) is 4.97. The molecular weight excluding hydrogens is 469 g/mol. The van der Waals surface area contributed by atoms with Gasteiger partial charge in [0.25, 0.3) is 5.91 Å². The van der Waals surface area contributed by atoms with E-state index in [-0.39, 0.29) is 28.3 Å². The van der Waals surface area contributed by atoms with Crippen molar-refractivity contribution in [1.82, 2.24) is 0 Å². The molecule has 1 amide bonds. The molecule has 1 N–H and O–H groups in total. The van der Waals surface area contributed by atoms with Crippen molar-refractivity contribution in [2.75, 3.05) is 12.1 Å². The predicted molar refractivity (Wildman–Crippen MR) is 118 cm³/mol. The lowest BCUT2D eigenvalue weighted by molar-refractivity contribution is -0.114. The van der Waals surface area contributed by atoms with Crippen LogP contribution in [0, 0.1) is 0 Å². The zero-order valence-corrected chi connectivity index (χ0v) is 17.9. The number of anilines is 1. The second-order valence-corrected chi connectivity index (χ2v) is 7.25. The Balaban J connectivity index is 1.70. The summed E-state index contributed by atoms with van der Waals surface area (Å²) in [4.78, 5) is 35.8. The monoisotopic (exact) mass is 484 g/mol. The van der Waals surface area contributed by atoms with E-state index in [0.29, 0.717) is 10.6 Å². The van der Waals surface area contributed by atoms with Crippen LogP contribution in [0.25, 0.3) is 17.4 Å². The van der Waals surface area contributed by atoms with Crippen LogP contribution in [0.2, 0.25) is 0 Å². The van der Waals surface area contributed by atoms with E-state index in [1.807, 2.05) is 0 Å². The molecule has 0 saturated heterocycles. The van der Waals surface area contributed by atoms with Gasteiger partial charge in [-0.25, -0.2) is 9.59 Å². The molecule has 0 atom stereocenters. The van der Waals surface area contributed by atoms with Crippen molar-refractivity contribution in [2.45, 2.75) is 6.18 Å². The molecule has 0 unspecified atom stereocenters. The number of hydrogen-bond donors (Lipinski definition) is 1. The number of hydrogen-bond acceptors (Lipinski definition) is 6. The summed E-state index contributed by atoms with van der Waals surface area (Å²) in [6.07, 6.45) is -4.06. The fourth-order valence-electron chi connectivity index (χ4n) is 3.34. The van der Waals surface area contributed by atoms with Gasteiger partial charge in [-0.3, -0.25) is 4.79 Å². The van der Waals surface area contributed by atoms with Gasteiger partial charge in [-0.15, -0.1) is 0 Å². The van der Waals surface area contributed by atoms with Crippen molar-refractivity contribution in [3.63, 3.8) is 0 Å². The highest BCUT2D eigenvalue weighted by atomic mass is 19.4. The molecule has 2 aromatic carbocycles. The number of carboxylic acids is 1. The Morgan fingerprint density at radius 1 is 1.06 bits per heavy atom. The van der Waals surface area contributed by atoms with E-state index in [0.717, 1.165) is 12.1 Å². The van der Waals surface area contributed by atoms with E-state index >= 15 is 0 Å². The number of methoxy groups -OCH3 is 1. The number of ether oxygens (including phenoxy) is 1. The number of hydrazone groups is 1. The number of carbonyl (C=O) groups is 3. The van der Waals surface area contributed by atoms with Crippen LogP contribution >= 0.6 is 0 Å². The van der Waals surface area contributed by atoms with Gasteiger partial charge in [-0.1, -0.05) is 18.2 Å². The van der Waals surface area contributed by atoms with Crippen molar-refractivity contribution in [3.8, 4) is 11.3 Å². The van der Waals surface area contributed by atoms with Gasteiger partial charge in [0.05, 0.1) is 29.5 Å². The lowest BCUT2D eigenvalue weighted by atomic mass is 10.1. The van der Waals surface area contributed by atoms with Gasteiger partial charge in [-0.2, -0.15) is 23.3 Å². The van der Waals surface area contributed by atoms with Gasteiger partial charge in [-0.05, 0) is 48.5 Å². The third-order valence-electron chi connectivity index (χ3n) is 4.97. The van der Waals surface area contributed by atoms with E-state index < -0.39 is 35.3 Å². The largest absolute Gasteiger partial charge is 0.478 e. The summed E-state index contributed by atoms with van der Waals surface area (Å²) >= 11 is 0. The van der Waals surface area contributed by atoms with Crippen molar-refractivity contribution in [1.29, 1.82) is 0 Å². The molecule has 1 aliphatic rings. The molecule has 2 heterocycles. The summed E-state index contributed by atoms with van der Waals surface area (Å²) < 4.78 is 51.3. The lowest BCUT2D eigenvalue weighted by Gasteiger charge is -2.11. The smallest absolute Gasteiger partial charge is 0.435 e. The fourth-order valence-corrected chi connectivity index (χ4v) is 3.34. The van der Waals surface area contributed by atoms with Crippen LogP contribution < -0.4 is 5.01 Å². The number of esters is 1. The molecule has 11 heteroatoms. The number of nitrogens with zero attached hydrogens (tertiary/aromatic N) is 2. The van der Waals surface area contributed by atoms with Crippen LogP contribution in [0.5, 0.6) is 0 Å². The van der Waals surface area contributed by atoms with Crippen LogP contribution in [0.4, 0.5) is 18.9 Å². The van der Waals surface area contributed by atoms with Crippen molar-refractivity contribution in [2.24, 2.45) is 5.10 Å². The first kappa shape index (κ1) is 23.5. The maximum atomic E-state index is 13.7. The van der Waals surface area contributed by atoms with E-state index in [1.165, 1.54) is 49.6 Å². The molecule has 35 heavy (non-hydrogen) atoms. The van der Waals surface area contributed by atoms with Gasteiger partial charge in [0, 0.05) is 5.56 Å². The van der Waals surface area contributed by atoms with Crippen molar-refractivity contribution in [3.05, 3.63) is 83.1 Å². The van der Waals surface area contributed by atoms with E-state index in [9.17, 15) is 27.6 Å². The average Bonchev–Trinajstić information content (AvgIpc) is 3.44. The minimum absolute atomic E-state index is 0.0649. The van der Waals surface area contributed by atoms with Crippen LogP contribution in [0.1, 0.15) is 26.5 Å². The number of rotatable bonds is 5. The van der Waals surface area contributed by atoms with Gasteiger partial charge in [0.15, 0.2) is 5.71 Å². The van der Waals surface area contributed by atoms with Crippen molar-refractivity contribution < 1.29 is 41.8 Å². The summed E-state index contributed by atoms with van der Waals surface area (Å²) in [7, 11) is 1.23. The average molecular weight is 484 g/mol. The highest BCUT2D eigenvalue weighted by molar-refractivity contribution is 6.34. The Labute approximate surface area is 195 Å². The number of aromatic carboxylic acids is 1. The maximum absolute atomic E-state index is 13.7. The lowest BCUT2D eigenvalue weighted by Crippen LogP contribution is -2.25. The quantitative estimate of drug-likeness (QED) is 0.412. The molecule has 0 spiro atoms. The minimum atomic E-state index is -4.97. The molecule has 1 aromatic heterocycles. The number of benzene rings is 2. The highest BCUT2D eigenvalue weighted by Crippen LogP contribution is 2.34. The number of carboxylic acid groups (broad SMARTS) is 1. The van der Waals surface area contributed by atoms with Crippen LogP contribution in [0.15, 0.2) is 75.8 Å². The number of carbonyl (C=O) groups excluding carboxylic acids is 2. The number of alkyl halides is 3. The summed E-state index contributed by atoms with van der Waals surface area (Å²) in [6.45, 7) is 0. The minimum Gasteiger partial charge on any atom is -0.478 e. The number of amides is 1. The summed E-state index contributed by atoms with van der Waals surface area (Å²) in [5.41, 5.74) is -1.87. The molecule has 1 aliphatic heterocycles. The van der Waals surface area contributed by atoms with E-state index in [2.05, 4.69) is 9.84 Å². The van der Waals surface area contributed by atoms with E-state index in [4.69, 9.17) is 9.52 Å². The zero-order chi connectivity index (χ0) is 25.3. The zero-order valence-electron chi connectivity index (χ0n) is 17.9. The maximum Gasteiger partial charge on any atom is 0.435 e. The van der Waals surface area contributed by atoms with Gasteiger partial charge in [0.1, 0.15) is 11.5 Å². The molecule has 0 fully saturated rings. The Morgan fingerprint density at radius 3 is 2.46 bits per heavy atom. The first-order valence-corrected chi connectivity index (χ1v) is 9.93. The molecule has 4 rings (SSSR count). The van der Waals surface area contributed by atoms with Crippen LogP contribution in [-0.2, 0) is 9.53 Å². The molecule has 0 bridgehead atoms. The topological polar surface area (TPSA) is 109 Å². The number of furan rings is 1. The van der Waals surface area contributed by atoms with Crippen LogP contribution in [-0.4, -0.2) is 42.0 Å². The molecule has 3 aromatic rings. The normalized spacial score (nSPS) is 14.9. The molecular formula is C24H15F3N2O6. The van der Waals surface area contributed by atoms with E-state index in [1.54, 1.807) is 12.1 Å².